The predicted octanol–water partition coefficient (Wildman–Crippen LogP) is 1.38. The average molecular weight is 252 g/mol. The van der Waals surface area contributed by atoms with Crippen LogP contribution in [0.2, 0.25) is 0 Å². The number of aliphatic carboxylic acids is 1. The second kappa shape index (κ2) is 5.12. The van der Waals surface area contributed by atoms with E-state index in [0.29, 0.717) is 25.3 Å². The Morgan fingerprint density at radius 1 is 1.61 bits per heavy atom. The van der Waals surface area contributed by atoms with Crippen LogP contribution in [0.5, 0.6) is 0 Å². The van der Waals surface area contributed by atoms with Crippen molar-refractivity contribution < 1.29 is 19.1 Å². The number of carboxylic acid groups (broad SMARTS) is 1. The normalized spacial score (nSPS) is 19.6. The third kappa shape index (κ3) is 2.64. The van der Waals surface area contributed by atoms with E-state index in [0.717, 1.165) is 0 Å². The number of urea groups is 1. The summed E-state index contributed by atoms with van der Waals surface area (Å²) in [5.74, 6) is -0.131. The summed E-state index contributed by atoms with van der Waals surface area (Å²) >= 11 is 0. The van der Waals surface area contributed by atoms with Crippen LogP contribution in [-0.2, 0) is 11.3 Å². The molecule has 98 valence electrons. The van der Waals surface area contributed by atoms with Gasteiger partial charge in [-0.1, -0.05) is 0 Å². The molecule has 1 atom stereocenters. The van der Waals surface area contributed by atoms with E-state index in [9.17, 15) is 9.59 Å². The van der Waals surface area contributed by atoms with Gasteiger partial charge in [0.15, 0.2) is 0 Å². The first-order chi connectivity index (χ1) is 8.58. The quantitative estimate of drug-likeness (QED) is 0.859. The zero-order valence-corrected chi connectivity index (χ0v) is 10.2. The summed E-state index contributed by atoms with van der Waals surface area (Å²) in [5.41, 5.74) is 0. The van der Waals surface area contributed by atoms with Gasteiger partial charge in [0.05, 0.1) is 18.8 Å². The summed E-state index contributed by atoms with van der Waals surface area (Å²) in [5, 5.41) is 8.71. The van der Waals surface area contributed by atoms with Crippen molar-refractivity contribution in [1.29, 1.82) is 0 Å². The molecule has 2 rings (SSSR count). The number of amides is 2. The summed E-state index contributed by atoms with van der Waals surface area (Å²) in [4.78, 5) is 25.8. The van der Waals surface area contributed by atoms with Crippen molar-refractivity contribution in [3.63, 3.8) is 0 Å². The van der Waals surface area contributed by atoms with E-state index in [1.807, 2.05) is 0 Å². The molecular weight excluding hydrogens is 236 g/mol. The topological polar surface area (TPSA) is 74.0 Å². The molecule has 0 radical (unpaired) electrons. The molecule has 1 aliphatic heterocycles. The maximum atomic E-state index is 11.9. The molecule has 6 heteroatoms. The largest absolute Gasteiger partial charge is 0.481 e. The van der Waals surface area contributed by atoms with E-state index in [-0.39, 0.29) is 18.5 Å². The lowest BCUT2D eigenvalue weighted by molar-refractivity contribution is -0.137. The molecule has 1 saturated heterocycles. The SMILES string of the molecule is CN1CC(CCC(=O)O)N(Cc2ccco2)C1=O. The molecule has 1 fully saturated rings. The van der Waals surface area contributed by atoms with Crippen molar-refractivity contribution in [3.8, 4) is 0 Å². The molecule has 0 aliphatic carbocycles. The number of furan rings is 1. The molecule has 1 N–H and O–H groups in total. The van der Waals surface area contributed by atoms with Crippen LogP contribution < -0.4 is 0 Å². The molecule has 18 heavy (non-hydrogen) atoms. The Morgan fingerprint density at radius 2 is 2.39 bits per heavy atom. The van der Waals surface area contributed by atoms with E-state index in [2.05, 4.69) is 0 Å². The van der Waals surface area contributed by atoms with Crippen molar-refractivity contribution in [2.45, 2.75) is 25.4 Å². The summed E-state index contributed by atoms with van der Waals surface area (Å²) in [7, 11) is 1.72. The monoisotopic (exact) mass is 252 g/mol. The minimum Gasteiger partial charge on any atom is -0.481 e. The number of carboxylic acids is 1. The number of hydrogen-bond donors (Lipinski definition) is 1. The summed E-state index contributed by atoms with van der Waals surface area (Å²) < 4.78 is 5.22. The van der Waals surface area contributed by atoms with Gasteiger partial charge in [-0.15, -0.1) is 0 Å². The van der Waals surface area contributed by atoms with E-state index >= 15 is 0 Å². The second-order valence-corrected chi connectivity index (χ2v) is 4.46. The van der Waals surface area contributed by atoms with E-state index < -0.39 is 5.97 Å². The van der Waals surface area contributed by atoms with Crippen LogP contribution >= 0.6 is 0 Å². The Labute approximate surface area is 105 Å². The number of carbonyl (C=O) groups is 2. The second-order valence-electron chi connectivity index (χ2n) is 4.46. The van der Waals surface area contributed by atoms with Gasteiger partial charge in [-0.3, -0.25) is 4.79 Å². The lowest BCUT2D eigenvalue weighted by atomic mass is 10.1. The molecule has 2 heterocycles. The zero-order chi connectivity index (χ0) is 13.1. The number of rotatable bonds is 5. The average Bonchev–Trinajstić information content (AvgIpc) is 2.91. The Hall–Kier alpha value is -1.98. The molecule has 0 aromatic carbocycles. The van der Waals surface area contributed by atoms with Crippen molar-refractivity contribution in [1.82, 2.24) is 9.80 Å². The van der Waals surface area contributed by atoms with Crippen LogP contribution in [0, 0.1) is 0 Å². The van der Waals surface area contributed by atoms with Gasteiger partial charge in [0.2, 0.25) is 0 Å². The molecule has 0 bridgehead atoms. The van der Waals surface area contributed by atoms with Crippen LogP contribution in [0.4, 0.5) is 4.79 Å². The van der Waals surface area contributed by atoms with Crippen LogP contribution in [0.3, 0.4) is 0 Å². The standard InChI is InChI=1S/C12H16N2O4/c1-13-7-9(4-5-11(15)16)14(12(13)17)8-10-3-2-6-18-10/h2-3,6,9H,4-5,7-8H2,1H3,(H,15,16). The molecule has 1 aromatic rings. The molecule has 2 amide bonds. The fourth-order valence-corrected chi connectivity index (χ4v) is 2.17. The summed E-state index contributed by atoms with van der Waals surface area (Å²) in [6.07, 6.45) is 2.10. The van der Waals surface area contributed by atoms with Gasteiger partial charge < -0.3 is 19.3 Å². The maximum absolute atomic E-state index is 11.9. The Bertz CT molecular complexity index is 429. The first-order valence-corrected chi connectivity index (χ1v) is 5.84. The first kappa shape index (κ1) is 12.5. The predicted molar refractivity (Wildman–Crippen MR) is 62.9 cm³/mol. The van der Waals surface area contributed by atoms with Crippen LogP contribution in [0.15, 0.2) is 22.8 Å². The smallest absolute Gasteiger partial charge is 0.320 e. The summed E-state index contributed by atoms with van der Waals surface area (Å²) in [6, 6.07) is 3.43. The van der Waals surface area contributed by atoms with Gasteiger partial charge >= 0.3 is 12.0 Å². The number of carbonyl (C=O) groups excluding carboxylic acids is 1. The van der Waals surface area contributed by atoms with Crippen LogP contribution in [0.25, 0.3) is 0 Å². The van der Waals surface area contributed by atoms with Crippen molar-refractivity contribution in [2.75, 3.05) is 13.6 Å². The third-order valence-electron chi connectivity index (χ3n) is 3.10. The lowest BCUT2D eigenvalue weighted by Gasteiger charge is -2.21. The minimum atomic E-state index is -0.838. The van der Waals surface area contributed by atoms with Crippen LogP contribution in [0.1, 0.15) is 18.6 Å². The highest BCUT2D eigenvalue weighted by Crippen LogP contribution is 2.21. The first-order valence-electron chi connectivity index (χ1n) is 5.84. The van der Waals surface area contributed by atoms with Crippen LogP contribution in [-0.4, -0.2) is 46.5 Å². The molecule has 6 nitrogen and oxygen atoms in total. The van der Waals surface area contributed by atoms with Gasteiger partial charge in [0.25, 0.3) is 0 Å². The zero-order valence-electron chi connectivity index (χ0n) is 10.2. The maximum Gasteiger partial charge on any atom is 0.320 e. The fourth-order valence-electron chi connectivity index (χ4n) is 2.17. The number of hydrogen-bond acceptors (Lipinski definition) is 3. The molecule has 0 spiro atoms. The fraction of sp³-hybridized carbons (Fsp3) is 0.500. The van der Waals surface area contributed by atoms with Gasteiger partial charge in [-0.05, 0) is 18.6 Å². The minimum absolute atomic E-state index is 0.0660. The Kier molecular flexibility index (Phi) is 3.55. The third-order valence-corrected chi connectivity index (χ3v) is 3.10. The molecular formula is C12H16N2O4. The molecule has 1 unspecified atom stereocenters. The van der Waals surface area contributed by atoms with E-state index in [1.165, 1.54) is 0 Å². The Balaban J connectivity index is 2.03. The highest BCUT2D eigenvalue weighted by molar-refractivity contribution is 5.77. The van der Waals surface area contributed by atoms with Gasteiger partial charge in [-0.2, -0.15) is 0 Å². The van der Waals surface area contributed by atoms with Crippen molar-refractivity contribution in [3.05, 3.63) is 24.2 Å². The van der Waals surface area contributed by atoms with Crippen molar-refractivity contribution in [2.24, 2.45) is 0 Å². The molecule has 0 saturated carbocycles. The summed E-state index contributed by atoms with van der Waals surface area (Å²) in [6.45, 7) is 0.952. The van der Waals surface area contributed by atoms with Gasteiger partial charge in [0.1, 0.15) is 5.76 Å². The highest BCUT2D eigenvalue weighted by atomic mass is 16.4. The van der Waals surface area contributed by atoms with Crippen molar-refractivity contribution >= 4 is 12.0 Å². The Morgan fingerprint density at radius 3 is 3.00 bits per heavy atom. The lowest BCUT2D eigenvalue weighted by Crippen LogP contribution is -2.34. The number of likely N-dealkylation sites (N-methyl/N-ethyl adjacent to an activating group) is 1. The van der Waals surface area contributed by atoms with Gasteiger partial charge in [-0.25, -0.2) is 4.79 Å². The highest BCUT2D eigenvalue weighted by Gasteiger charge is 2.35. The van der Waals surface area contributed by atoms with E-state index in [1.54, 1.807) is 35.2 Å². The van der Waals surface area contributed by atoms with E-state index in [4.69, 9.17) is 9.52 Å². The molecule has 1 aliphatic rings. The molecule has 1 aromatic heterocycles. The number of nitrogens with zero attached hydrogens (tertiary/aromatic N) is 2. The van der Waals surface area contributed by atoms with Gasteiger partial charge in [0, 0.05) is 20.0 Å².